The molecule has 4 heterocycles. The number of pyridine rings is 1. The van der Waals surface area contributed by atoms with E-state index in [2.05, 4.69) is 25.0 Å². The summed E-state index contributed by atoms with van der Waals surface area (Å²) in [6.45, 7) is 2.87. The molecule has 198 valence electrons. The van der Waals surface area contributed by atoms with Crippen molar-refractivity contribution in [2.75, 3.05) is 42.9 Å². The second kappa shape index (κ2) is 10.6. The van der Waals surface area contributed by atoms with Gasteiger partial charge in [-0.1, -0.05) is 23.2 Å². The molecule has 0 unspecified atom stereocenters. The standard InChI is InChI=1S/C25H23Cl2F2N7O2/c1-25(28,29)38-17-4-2-16(3-5-17)22-24(36-7-6-30-14-20(36)33-22)32-15-21(37)34-8-10-35(11-9-34)23-18(26)12-31-13-19(23)27/h2-7,12-14,32H,8-11,15H2,1H3. The van der Waals surface area contributed by atoms with E-state index in [0.29, 0.717) is 65.9 Å². The van der Waals surface area contributed by atoms with Gasteiger partial charge in [0.2, 0.25) is 5.91 Å². The lowest BCUT2D eigenvalue weighted by molar-refractivity contribution is -0.158. The molecule has 0 aliphatic carbocycles. The van der Waals surface area contributed by atoms with Crippen LogP contribution in [0.25, 0.3) is 16.9 Å². The highest BCUT2D eigenvalue weighted by Crippen LogP contribution is 2.33. The average Bonchev–Trinajstić information content (AvgIpc) is 3.25. The van der Waals surface area contributed by atoms with Gasteiger partial charge in [-0.15, -0.1) is 0 Å². The molecule has 1 fully saturated rings. The molecule has 5 rings (SSSR count). The van der Waals surface area contributed by atoms with E-state index in [1.807, 2.05) is 4.90 Å². The van der Waals surface area contributed by atoms with Crippen molar-refractivity contribution in [2.45, 2.75) is 13.0 Å². The smallest absolute Gasteiger partial charge is 0.394 e. The SMILES string of the molecule is CC(F)(F)Oc1ccc(-c2nc3cnccn3c2NCC(=O)N2CCN(c3c(Cl)cncc3Cl)CC2)cc1. The molecule has 1 aromatic carbocycles. The first-order chi connectivity index (χ1) is 18.2. The summed E-state index contributed by atoms with van der Waals surface area (Å²) in [5.41, 5.74) is 2.50. The van der Waals surface area contributed by atoms with Crippen LogP contribution in [0.1, 0.15) is 6.92 Å². The highest BCUT2D eigenvalue weighted by Gasteiger charge is 2.25. The van der Waals surface area contributed by atoms with Gasteiger partial charge < -0.3 is 19.9 Å². The topological polar surface area (TPSA) is 87.9 Å². The Hall–Kier alpha value is -3.70. The molecule has 1 amide bonds. The summed E-state index contributed by atoms with van der Waals surface area (Å²) in [6.07, 6.45) is 4.75. The predicted octanol–water partition coefficient (Wildman–Crippen LogP) is 4.85. The van der Waals surface area contributed by atoms with Crippen LogP contribution in [0.4, 0.5) is 20.3 Å². The largest absolute Gasteiger partial charge is 0.433 e. The Labute approximate surface area is 227 Å². The molecule has 4 aromatic rings. The zero-order valence-electron chi connectivity index (χ0n) is 20.2. The zero-order chi connectivity index (χ0) is 26.9. The summed E-state index contributed by atoms with van der Waals surface area (Å²) in [7, 11) is 0. The summed E-state index contributed by atoms with van der Waals surface area (Å²) >= 11 is 12.6. The van der Waals surface area contributed by atoms with Crippen LogP contribution in [0.5, 0.6) is 5.75 Å². The van der Waals surface area contributed by atoms with Crippen LogP contribution >= 0.6 is 23.2 Å². The number of nitrogens with one attached hydrogen (secondary N) is 1. The maximum atomic E-state index is 13.2. The molecule has 1 N–H and O–H groups in total. The lowest BCUT2D eigenvalue weighted by atomic mass is 10.1. The van der Waals surface area contributed by atoms with E-state index in [9.17, 15) is 13.6 Å². The third-order valence-corrected chi connectivity index (χ3v) is 6.59. The molecular weight excluding hydrogens is 539 g/mol. The average molecular weight is 562 g/mol. The zero-order valence-corrected chi connectivity index (χ0v) is 21.8. The Morgan fingerprint density at radius 2 is 1.74 bits per heavy atom. The van der Waals surface area contributed by atoms with Gasteiger partial charge in [0.1, 0.15) is 17.3 Å². The van der Waals surface area contributed by atoms with Gasteiger partial charge in [-0.2, -0.15) is 8.78 Å². The Morgan fingerprint density at radius 1 is 1.05 bits per heavy atom. The second-order valence-corrected chi connectivity index (χ2v) is 9.54. The number of piperazine rings is 1. The first kappa shape index (κ1) is 25.9. The summed E-state index contributed by atoms with van der Waals surface area (Å²) in [5.74, 6) is 0.532. The molecule has 1 aliphatic heterocycles. The summed E-state index contributed by atoms with van der Waals surface area (Å²) < 4.78 is 32.8. The third-order valence-electron chi connectivity index (χ3n) is 6.04. The molecule has 3 aromatic heterocycles. The molecule has 0 bridgehead atoms. The monoisotopic (exact) mass is 561 g/mol. The Balaban J connectivity index is 1.29. The van der Waals surface area contributed by atoms with E-state index in [4.69, 9.17) is 23.2 Å². The Kier molecular flexibility index (Phi) is 7.22. The molecule has 0 saturated carbocycles. The predicted molar refractivity (Wildman–Crippen MR) is 141 cm³/mol. The Bertz CT molecular complexity index is 1430. The van der Waals surface area contributed by atoms with Crippen LogP contribution in [0, 0.1) is 0 Å². The minimum Gasteiger partial charge on any atom is -0.433 e. The number of rotatable bonds is 7. The van der Waals surface area contributed by atoms with Gasteiger partial charge in [-0.25, -0.2) is 4.98 Å². The molecule has 0 spiro atoms. The van der Waals surface area contributed by atoms with Crippen LogP contribution in [0.3, 0.4) is 0 Å². The lowest BCUT2D eigenvalue weighted by Gasteiger charge is -2.36. The number of alkyl halides is 2. The van der Waals surface area contributed by atoms with Gasteiger partial charge in [0.25, 0.3) is 0 Å². The van der Waals surface area contributed by atoms with Crippen LogP contribution in [-0.4, -0.2) is 69.0 Å². The number of aromatic nitrogens is 4. The normalized spacial score (nSPS) is 14.1. The molecule has 0 atom stereocenters. The number of carbonyl (C=O) groups is 1. The first-order valence-corrected chi connectivity index (χ1v) is 12.5. The Morgan fingerprint density at radius 3 is 2.39 bits per heavy atom. The van der Waals surface area contributed by atoms with Gasteiger partial charge in [-0.3, -0.25) is 19.2 Å². The van der Waals surface area contributed by atoms with E-state index in [0.717, 1.165) is 5.69 Å². The highest BCUT2D eigenvalue weighted by molar-refractivity contribution is 6.38. The van der Waals surface area contributed by atoms with E-state index < -0.39 is 6.11 Å². The van der Waals surface area contributed by atoms with Crippen LogP contribution in [0.15, 0.2) is 55.2 Å². The molecule has 13 heteroatoms. The third kappa shape index (κ3) is 5.58. The van der Waals surface area contributed by atoms with Crippen molar-refractivity contribution in [3.8, 4) is 17.0 Å². The number of anilines is 2. The van der Waals surface area contributed by atoms with E-state index >= 15 is 0 Å². The first-order valence-electron chi connectivity index (χ1n) is 11.7. The number of benzene rings is 1. The van der Waals surface area contributed by atoms with Crippen molar-refractivity contribution >= 4 is 46.3 Å². The molecule has 38 heavy (non-hydrogen) atoms. The van der Waals surface area contributed by atoms with Crippen LogP contribution in [0.2, 0.25) is 10.0 Å². The number of ether oxygens (including phenoxy) is 1. The quantitative estimate of drug-likeness (QED) is 0.345. The number of imidazole rings is 1. The van der Waals surface area contributed by atoms with Crippen molar-refractivity contribution in [1.29, 1.82) is 0 Å². The fraction of sp³-hybridized carbons (Fsp3) is 0.280. The van der Waals surface area contributed by atoms with Gasteiger partial charge in [0.15, 0.2) is 5.65 Å². The number of hydrogen-bond acceptors (Lipinski definition) is 7. The lowest BCUT2D eigenvalue weighted by Crippen LogP contribution is -2.50. The summed E-state index contributed by atoms with van der Waals surface area (Å²) in [5, 5.41) is 4.15. The fourth-order valence-electron chi connectivity index (χ4n) is 4.32. The minimum absolute atomic E-state index is 0.0309. The van der Waals surface area contributed by atoms with E-state index in [-0.39, 0.29) is 18.2 Å². The van der Waals surface area contributed by atoms with Gasteiger partial charge >= 0.3 is 6.11 Å². The van der Waals surface area contributed by atoms with E-state index in [1.54, 1.807) is 52.4 Å². The van der Waals surface area contributed by atoms with E-state index in [1.165, 1.54) is 12.1 Å². The number of halogens is 4. The van der Waals surface area contributed by atoms with Crippen LogP contribution < -0.4 is 15.0 Å². The number of hydrogen-bond donors (Lipinski definition) is 1. The molecule has 1 aliphatic rings. The summed E-state index contributed by atoms with van der Waals surface area (Å²) in [6, 6.07) is 6.17. The molecule has 0 radical (unpaired) electrons. The highest BCUT2D eigenvalue weighted by atomic mass is 35.5. The summed E-state index contributed by atoms with van der Waals surface area (Å²) in [4.78, 5) is 29.6. The molecule has 9 nitrogen and oxygen atoms in total. The number of carbonyl (C=O) groups excluding carboxylic acids is 1. The second-order valence-electron chi connectivity index (χ2n) is 8.72. The number of fused-ring (bicyclic) bond motifs is 1. The van der Waals surface area contributed by atoms with Crippen molar-refractivity contribution in [2.24, 2.45) is 0 Å². The molecule has 1 saturated heterocycles. The van der Waals surface area contributed by atoms with Crippen molar-refractivity contribution in [3.05, 3.63) is 65.3 Å². The maximum absolute atomic E-state index is 13.2. The van der Waals surface area contributed by atoms with Crippen molar-refractivity contribution < 1.29 is 18.3 Å². The van der Waals surface area contributed by atoms with Gasteiger partial charge in [0.05, 0.1) is 28.5 Å². The van der Waals surface area contributed by atoms with Crippen LogP contribution in [-0.2, 0) is 4.79 Å². The minimum atomic E-state index is -3.29. The van der Waals surface area contributed by atoms with Crippen molar-refractivity contribution in [1.82, 2.24) is 24.3 Å². The van der Waals surface area contributed by atoms with Crippen molar-refractivity contribution in [3.63, 3.8) is 0 Å². The maximum Gasteiger partial charge on any atom is 0.394 e. The van der Waals surface area contributed by atoms with Gasteiger partial charge in [0, 0.05) is 63.5 Å². The van der Waals surface area contributed by atoms with Gasteiger partial charge in [-0.05, 0) is 24.3 Å². The number of amides is 1. The fourth-order valence-corrected chi connectivity index (χ4v) is 4.93. The number of nitrogens with zero attached hydrogens (tertiary/aromatic N) is 6. The molecular formula is C25H23Cl2F2N7O2.